The molecular weight excluding hydrogens is 328 g/mol. The molecular formula is C16H20N4O3S. The van der Waals surface area contributed by atoms with Crippen LogP contribution in [0.3, 0.4) is 0 Å². The number of anilines is 1. The van der Waals surface area contributed by atoms with Crippen molar-refractivity contribution in [3.63, 3.8) is 0 Å². The molecule has 8 heteroatoms. The van der Waals surface area contributed by atoms with Crippen molar-refractivity contribution in [3.8, 4) is 11.8 Å². The second-order valence-corrected chi connectivity index (χ2v) is 6.69. The highest BCUT2D eigenvalue weighted by molar-refractivity contribution is 7.98. The Bertz CT molecular complexity index is 714. The van der Waals surface area contributed by atoms with Crippen LogP contribution in [0.1, 0.15) is 31.1 Å². The van der Waals surface area contributed by atoms with Crippen LogP contribution in [0.15, 0.2) is 29.4 Å². The van der Waals surface area contributed by atoms with Crippen LogP contribution >= 0.6 is 11.8 Å². The normalized spacial score (nSPS) is 11.0. The van der Waals surface area contributed by atoms with Gasteiger partial charge in [0, 0.05) is 5.54 Å². The number of rotatable bonds is 5. The van der Waals surface area contributed by atoms with Crippen LogP contribution in [0.5, 0.6) is 11.8 Å². The number of aromatic nitrogens is 3. The molecule has 2 rings (SSSR count). The van der Waals surface area contributed by atoms with E-state index in [4.69, 9.17) is 4.74 Å². The minimum Gasteiger partial charge on any atom is -0.465 e. The molecule has 0 aliphatic heterocycles. The van der Waals surface area contributed by atoms with Crippen LogP contribution in [0.25, 0.3) is 0 Å². The van der Waals surface area contributed by atoms with Crippen molar-refractivity contribution >= 4 is 23.7 Å². The van der Waals surface area contributed by atoms with E-state index >= 15 is 0 Å². The first-order valence-electron chi connectivity index (χ1n) is 7.25. The third-order valence-electron chi connectivity index (χ3n) is 2.75. The number of esters is 1. The number of hydrogen-bond donors (Lipinski definition) is 1. The average Bonchev–Trinajstić information content (AvgIpc) is 2.53. The summed E-state index contributed by atoms with van der Waals surface area (Å²) in [6.45, 7) is 6.05. The van der Waals surface area contributed by atoms with E-state index in [2.05, 4.69) is 25.0 Å². The van der Waals surface area contributed by atoms with E-state index in [1.54, 1.807) is 24.3 Å². The zero-order chi connectivity index (χ0) is 17.7. The minimum atomic E-state index is -0.400. The molecule has 0 atom stereocenters. The lowest BCUT2D eigenvalue weighted by atomic mass is 10.1. The van der Waals surface area contributed by atoms with E-state index in [1.165, 1.54) is 18.9 Å². The number of carbonyl (C=O) groups excluding carboxylic acids is 1. The Morgan fingerprint density at radius 3 is 2.33 bits per heavy atom. The summed E-state index contributed by atoms with van der Waals surface area (Å²) in [7, 11) is 1.34. The summed E-state index contributed by atoms with van der Waals surface area (Å²) in [4.78, 5) is 24.3. The molecule has 0 radical (unpaired) electrons. The molecule has 128 valence electrons. The van der Waals surface area contributed by atoms with E-state index in [9.17, 15) is 4.79 Å². The highest BCUT2D eigenvalue weighted by Crippen LogP contribution is 2.23. The summed E-state index contributed by atoms with van der Waals surface area (Å²) >= 11 is 1.40. The lowest BCUT2D eigenvalue weighted by Gasteiger charge is -2.20. The topological polar surface area (TPSA) is 86.2 Å². The zero-order valence-corrected chi connectivity index (χ0v) is 15.1. The number of nitrogens with zero attached hydrogens (tertiary/aromatic N) is 3. The van der Waals surface area contributed by atoms with Gasteiger partial charge in [0.05, 0.1) is 12.7 Å². The van der Waals surface area contributed by atoms with Gasteiger partial charge in [0.25, 0.3) is 0 Å². The van der Waals surface area contributed by atoms with Gasteiger partial charge in [0.2, 0.25) is 5.95 Å². The number of thioether (sulfide) groups is 1. The summed E-state index contributed by atoms with van der Waals surface area (Å²) in [5, 5.41) is 3.75. The van der Waals surface area contributed by atoms with Gasteiger partial charge < -0.3 is 14.8 Å². The largest absolute Gasteiger partial charge is 0.465 e. The number of hydrogen-bond acceptors (Lipinski definition) is 8. The standard InChI is InChI=1S/C16H20N4O3S/c1-16(2,3)20-13-17-14(19-15(18-13)24-5)23-11-8-6-10(7-9-11)12(21)22-4/h6-9H,1-5H3,(H,17,18,19,20). The monoisotopic (exact) mass is 348 g/mol. The van der Waals surface area contributed by atoms with Gasteiger partial charge in [-0.2, -0.15) is 15.0 Å². The van der Waals surface area contributed by atoms with Crippen molar-refractivity contribution in [2.45, 2.75) is 31.5 Å². The molecule has 0 bridgehead atoms. The predicted octanol–water partition coefficient (Wildman–Crippen LogP) is 3.38. The van der Waals surface area contributed by atoms with Crippen molar-refractivity contribution < 1.29 is 14.3 Å². The van der Waals surface area contributed by atoms with Crippen molar-refractivity contribution in [2.24, 2.45) is 0 Å². The van der Waals surface area contributed by atoms with Gasteiger partial charge in [-0.3, -0.25) is 0 Å². The van der Waals surface area contributed by atoms with Crippen molar-refractivity contribution in [2.75, 3.05) is 18.7 Å². The smallest absolute Gasteiger partial charge is 0.337 e. The maximum atomic E-state index is 11.4. The van der Waals surface area contributed by atoms with Crippen molar-refractivity contribution in [3.05, 3.63) is 29.8 Å². The van der Waals surface area contributed by atoms with E-state index in [0.717, 1.165) is 0 Å². The lowest BCUT2D eigenvalue weighted by Crippen LogP contribution is -2.27. The Kier molecular flexibility index (Phi) is 5.61. The first kappa shape index (κ1) is 18.0. The Labute approximate surface area is 145 Å². The van der Waals surface area contributed by atoms with Gasteiger partial charge in [-0.1, -0.05) is 11.8 Å². The minimum absolute atomic E-state index is 0.184. The summed E-state index contributed by atoms with van der Waals surface area (Å²) in [6.07, 6.45) is 1.88. The fraction of sp³-hybridized carbons (Fsp3) is 0.375. The molecule has 1 aromatic carbocycles. The predicted molar refractivity (Wildman–Crippen MR) is 92.8 cm³/mol. The SMILES string of the molecule is COC(=O)c1ccc(Oc2nc(NC(C)(C)C)nc(SC)n2)cc1. The number of benzene rings is 1. The molecule has 1 N–H and O–H groups in total. The maximum Gasteiger partial charge on any atom is 0.337 e. The van der Waals surface area contributed by atoms with E-state index in [0.29, 0.717) is 22.4 Å². The van der Waals surface area contributed by atoms with E-state index < -0.39 is 5.97 Å². The van der Waals surface area contributed by atoms with Crippen LogP contribution < -0.4 is 10.1 Å². The lowest BCUT2D eigenvalue weighted by molar-refractivity contribution is 0.0600. The van der Waals surface area contributed by atoms with E-state index in [-0.39, 0.29) is 11.5 Å². The van der Waals surface area contributed by atoms with Crippen LogP contribution in [0.4, 0.5) is 5.95 Å². The summed E-state index contributed by atoms with van der Waals surface area (Å²) in [5.41, 5.74) is 0.261. The fourth-order valence-corrected chi connectivity index (χ4v) is 2.10. The maximum absolute atomic E-state index is 11.4. The van der Waals surface area contributed by atoms with Gasteiger partial charge in [0.15, 0.2) is 5.16 Å². The molecule has 0 saturated carbocycles. The van der Waals surface area contributed by atoms with Crippen molar-refractivity contribution in [1.29, 1.82) is 0 Å². The summed E-state index contributed by atoms with van der Waals surface area (Å²) in [6, 6.07) is 6.74. The molecule has 2 aromatic rings. The third-order valence-corrected chi connectivity index (χ3v) is 3.30. The Hall–Kier alpha value is -2.35. The van der Waals surface area contributed by atoms with Crippen LogP contribution in [0, 0.1) is 0 Å². The van der Waals surface area contributed by atoms with Gasteiger partial charge in [-0.15, -0.1) is 0 Å². The molecule has 24 heavy (non-hydrogen) atoms. The zero-order valence-electron chi connectivity index (χ0n) is 14.3. The van der Waals surface area contributed by atoms with Crippen LogP contribution in [0.2, 0.25) is 0 Å². The first-order chi connectivity index (χ1) is 11.3. The molecule has 0 amide bonds. The second kappa shape index (κ2) is 7.48. The molecule has 0 unspecified atom stereocenters. The van der Waals surface area contributed by atoms with Gasteiger partial charge in [-0.25, -0.2) is 4.79 Å². The molecule has 1 heterocycles. The number of carbonyl (C=O) groups is 1. The summed E-state index contributed by atoms with van der Waals surface area (Å²) in [5.74, 6) is 0.564. The Morgan fingerprint density at radius 1 is 1.12 bits per heavy atom. The first-order valence-corrected chi connectivity index (χ1v) is 8.47. The van der Waals surface area contributed by atoms with Crippen LogP contribution in [-0.4, -0.2) is 39.8 Å². The molecule has 0 saturated heterocycles. The molecule has 0 aliphatic rings. The molecule has 0 aliphatic carbocycles. The molecule has 1 aromatic heterocycles. The number of ether oxygens (including phenoxy) is 2. The number of methoxy groups -OCH3 is 1. The molecule has 0 spiro atoms. The fourth-order valence-electron chi connectivity index (χ4n) is 1.75. The van der Waals surface area contributed by atoms with Crippen LogP contribution in [-0.2, 0) is 4.74 Å². The van der Waals surface area contributed by atoms with E-state index in [1.807, 2.05) is 27.0 Å². The number of nitrogens with one attached hydrogen (secondary N) is 1. The van der Waals surface area contributed by atoms with Gasteiger partial charge in [0.1, 0.15) is 5.75 Å². The average molecular weight is 348 g/mol. The summed E-state index contributed by atoms with van der Waals surface area (Å²) < 4.78 is 10.3. The highest BCUT2D eigenvalue weighted by Gasteiger charge is 2.15. The quantitative estimate of drug-likeness (QED) is 0.650. The van der Waals surface area contributed by atoms with Crippen molar-refractivity contribution in [1.82, 2.24) is 15.0 Å². The highest BCUT2D eigenvalue weighted by atomic mass is 32.2. The Morgan fingerprint density at radius 2 is 1.79 bits per heavy atom. The Balaban J connectivity index is 2.22. The van der Waals surface area contributed by atoms with Gasteiger partial charge >= 0.3 is 12.0 Å². The molecule has 0 fully saturated rings. The van der Waals surface area contributed by atoms with Gasteiger partial charge in [-0.05, 0) is 51.3 Å². The second-order valence-electron chi connectivity index (χ2n) is 5.92. The third kappa shape index (κ3) is 5.09. The molecule has 7 nitrogen and oxygen atoms in total.